The number of phenols is 1. The van der Waals surface area contributed by atoms with Gasteiger partial charge >= 0.3 is 37.9 Å². The first-order valence-electron chi connectivity index (χ1n) is 9.86. The molecule has 0 aliphatic heterocycles. The van der Waals surface area contributed by atoms with Crippen LogP contribution in [0, 0.1) is 6.92 Å². The quantitative estimate of drug-likeness (QED) is 0.439. The van der Waals surface area contributed by atoms with Crippen LogP contribution in [0.1, 0.15) is 93.2 Å². The average molecular weight is 478 g/mol. The van der Waals surface area contributed by atoms with Gasteiger partial charge < -0.3 is 5.11 Å². The maximum atomic E-state index is 10.8. The number of nitrogens with zero attached hydrogens (tertiary/aromatic N) is 1. The van der Waals surface area contributed by atoms with Crippen LogP contribution in [0.25, 0.3) is 0 Å². The molecule has 0 bridgehead atoms. The molecule has 146 valence electrons. The van der Waals surface area contributed by atoms with Crippen molar-refractivity contribution >= 4 is 23.2 Å². The van der Waals surface area contributed by atoms with Gasteiger partial charge in [-0.3, -0.25) is 4.99 Å². The summed E-state index contributed by atoms with van der Waals surface area (Å²) in [5, 5.41) is 10.8. The molecule has 0 atom stereocenters. The molecule has 1 N–H and O–H groups in total. The Morgan fingerprint density at radius 1 is 0.962 bits per heavy atom. The number of aromatic hydroxyl groups is 1. The Hall–Kier alpha value is 0.153. The van der Waals surface area contributed by atoms with E-state index in [1.807, 2.05) is 6.92 Å². The normalized spacial score (nSPS) is 17.7. The van der Waals surface area contributed by atoms with E-state index in [9.17, 15) is 5.11 Å². The van der Waals surface area contributed by atoms with E-state index < -0.39 is 20.8 Å². The maximum absolute atomic E-state index is 10.8. The van der Waals surface area contributed by atoms with Gasteiger partial charge in [-0.1, -0.05) is 69.9 Å². The first-order valence-corrected chi connectivity index (χ1v) is 16.2. The molecule has 1 aromatic rings. The molecule has 0 aromatic heterocycles. The van der Waals surface area contributed by atoms with Gasteiger partial charge in [0.1, 0.15) is 5.75 Å². The van der Waals surface area contributed by atoms with Crippen LogP contribution in [0.15, 0.2) is 17.1 Å². The summed E-state index contributed by atoms with van der Waals surface area (Å²) in [6, 6.07) is 4.29. The zero-order chi connectivity index (χ0) is 19.2. The average Bonchev–Trinajstić information content (AvgIpc) is 2.60. The fourth-order valence-corrected chi connectivity index (χ4v) is 3.82. The van der Waals surface area contributed by atoms with Gasteiger partial charge in [0.25, 0.3) is 0 Å². The Kier molecular flexibility index (Phi) is 14.1. The van der Waals surface area contributed by atoms with Crippen molar-refractivity contribution in [1.29, 1.82) is 0 Å². The molecule has 0 amide bonds. The first-order chi connectivity index (χ1) is 12.7. The summed E-state index contributed by atoms with van der Waals surface area (Å²) in [6.07, 6.45) is 16.4. The van der Waals surface area contributed by atoms with Crippen molar-refractivity contribution in [2.45, 2.75) is 83.5 Å². The zero-order valence-electron chi connectivity index (χ0n) is 16.2. The van der Waals surface area contributed by atoms with E-state index in [1.165, 1.54) is 70.6 Å². The number of rotatable bonds is 2. The Labute approximate surface area is 178 Å². The number of aliphatic imine (C=N–C) groups is 1. The molecule has 1 saturated carbocycles. The van der Waals surface area contributed by atoms with Crippen molar-refractivity contribution in [3.8, 4) is 5.75 Å². The fraction of sp³-hybridized carbons (Fsp3) is 0.667. The minimum absolute atomic E-state index is 0.465. The summed E-state index contributed by atoms with van der Waals surface area (Å²) in [6.45, 7) is 2.04. The van der Waals surface area contributed by atoms with Crippen LogP contribution in [0.3, 0.4) is 0 Å². The van der Waals surface area contributed by atoms with E-state index in [0.29, 0.717) is 11.7 Å². The van der Waals surface area contributed by atoms with Gasteiger partial charge in [0, 0.05) is 18.8 Å². The third-order valence-corrected chi connectivity index (χ3v) is 5.27. The van der Waals surface area contributed by atoms with Gasteiger partial charge in [0.2, 0.25) is 0 Å². The van der Waals surface area contributed by atoms with Crippen molar-refractivity contribution in [3.63, 3.8) is 0 Å². The molecule has 26 heavy (non-hydrogen) atoms. The van der Waals surface area contributed by atoms with Crippen LogP contribution in [0.5, 0.6) is 5.75 Å². The van der Waals surface area contributed by atoms with Crippen molar-refractivity contribution in [2.75, 3.05) is 7.05 Å². The summed E-state index contributed by atoms with van der Waals surface area (Å²) >= 11 is -0.826. The number of halogens is 2. The van der Waals surface area contributed by atoms with Gasteiger partial charge in [-0.05, 0) is 36.8 Å². The molecule has 5 heteroatoms. The molecule has 2 nitrogen and oxygen atoms in total. The number of hydrogen-bond donors (Lipinski definition) is 1. The Morgan fingerprint density at radius 3 is 1.88 bits per heavy atom. The van der Waals surface area contributed by atoms with Crippen LogP contribution >= 0.6 is 17.0 Å². The summed E-state index contributed by atoms with van der Waals surface area (Å²) in [4.78, 5) is 4.11. The van der Waals surface area contributed by atoms with Crippen molar-refractivity contribution in [3.05, 3.63) is 28.8 Å². The van der Waals surface area contributed by atoms with Gasteiger partial charge in [0.15, 0.2) is 0 Å². The minimum atomic E-state index is -0.826. The second kappa shape index (κ2) is 15.1. The molecule has 0 heterocycles. The van der Waals surface area contributed by atoms with Crippen LogP contribution in [-0.2, 0) is 20.8 Å². The van der Waals surface area contributed by atoms with E-state index in [4.69, 9.17) is 17.0 Å². The molecule has 0 radical (unpaired) electrons. The topological polar surface area (TPSA) is 32.6 Å². The molecule has 1 aliphatic carbocycles. The number of aryl methyl sites for hydroxylation is 1. The van der Waals surface area contributed by atoms with Gasteiger partial charge in [-0.25, -0.2) is 0 Å². The fourth-order valence-electron chi connectivity index (χ4n) is 3.82. The molecule has 1 aliphatic rings. The van der Waals surface area contributed by atoms with Gasteiger partial charge in [-0.15, -0.1) is 0 Å². The van der Waals surface area contributed by atoms with Crippen molar-refractivity contribution < 1.29 is 26.0 Å². The molecule has 0 spiro atoms. The standard InChI is InChI=1S/C21H33NO.2ClH.Zr/c1-17-14-15-19(21(23)20(17)16-22-2)18-12-10-8-6-4-3-5-7-9-11-13-18;;;/h14-16,18,23H,3-13H2,1-2H3;2*1H;/q;;;+2/p-2. The Morgan fingerprint density at radius 2 is 1.42 bits per heavy atom. The predicted octanol–water partition coefficient (Wildman–Crippen LogP) is 7.51. The van der Waals surface area contributed by atoms with Gasteiger partial charge in [-0.2, -0.15) is 0 Å². The third-order valence-electron chi connectivity index (χ3n) is 5.27. The van der Waals surface area contributed by atoms with Crippen LogP contribution < -0.4 is 0 Å². The van der Waals surface area contributed by atoms with Gasteiger partial charge in [0.05, 0.1) is 0 Å². The van der Waals surface area contributed by atoms with Crippen LogP contribution in [0.2, 0.25) is 0 Å². The first kappa shape index (κ1) is 24.2. The number of benzene rings is 1. The van der Waals surface area contributed by atoms with Crippen molar-refractivity contribution in [1.82, 2.24) is 0 Å². The van der Waals surface area contributed by atoms with E-state index in [0.717, 1.165) is 16.7 Å². The molecule has 0 saturated heterocycles. The second-order valence-electron chi connectivity index (χ2n) is 7.15. The number of hydrogen-bond acceptors (Lipinski definition) is 2. The molecule has 2 rings (SSSR count). The molecule has 1 fully saturated rings. The Bertz CT molecular complexity index is 525. The molecular formula is C21H33Cl2NOZr. The van der Waals surface area contributed by atoms with E-state index in [1.54, 1.807) is 13.3 Å². The van der Waals surface area contributed by atoms with Crippen molar-refractivity contribution in [2.24, 2.45) is 4.99 Å². The summed E-state index contributed by atoms with van der Waals surface area (Å²) in [5.74, 6) is 0.965. The molecule has 1 aromatic carbocycles. The Balaban J connectivity index is 0.00000105. The van der Waals surface area contributed by atoms with Crippen LogP contribution in [0.4, 0.5) is 0 Å². The molecular weight excluding hydrogens is 444 g/mol. The molecule has 0 unspecified atom stereocenters. The number of phenolic OH excluding ortho intramolecular Hbond substituents is 1. The SMILES string of the molecule is CN=Cc1c(C)ccc(C2CCCCCCCCCCC2)c1O.[Cl][Zr][Cl]. The van der Waals surface area contributed by atoms with Crippen LogP contribution in [-0.4, -0.2) is 18.4 Å². The second-order valence-corrected chi connectivity index (χ2v) is 10.9. The summed E-state index contributed by atoms with van der Waals surface area (Å²) in [5.41, 5.74) is 3.14. The third kappa shape index (κ3) is 8.89. The zero-order valence-corrected chi connectivity index (χ0v) is 20.2. The monoisotopic (exact) mass is 475 g/mol. The predicted molar refractivity (Wildman–Crippen MR) is 112 cm³/mol. The summed E-state index contributed by atoms with van der Waals surface area (Å²) in [7, 11) is 11.6. The summed E-state index contributed by atoms with van der Waals surface area (Å²) < 4.78 is 0. The van der Waals surface area contributed by atoms with E-state index in [2.05, 4.69) is 17.1 Å². The van der Waals surface area contributed by atoms with E-state index >= 15 is 0 Å². The van der Waals surface area contributed by atoms with E-state index in [-0.39, 0.29) is 0 Å².